The number of hydrogen-bond donors (Lipinski definition) is 0. The lowest BCUT2D eigenvalue weighted by Gasteiger charge is -2.31. The summed E-state index contributed by atoms with van der Waals surface area (Å²) in [5, 5.41) is 2.52. The van der Waals surface area contributed by atoms with Gasteiger partial charge >= 0.3 is 0 Å². The lowest BCUT2D eigenvalue weighted by atomic mass is 9.82. The number of carbonyl (C=O) groups is 2. The van der Waals surface area contributed by atoms with Gasteiger partial charge < -0.3 is 14.5 Å². The monoisotopic (exact) mass is 520 g/mol. The SMILES string of the molecule is CCC(C)(C)c1ccc2c(c1)N(Cc1nc(C(=O)N(CCN(C)C)Cc3ccccc3)cs1)C(=O)CO2. The summed E-state index contributed by atoms with van der Waals surface area (Å²) < 4.78 is 5.71. The standard InChI is InChI=1S/C29H36N4O3S/c1-6-29(2,3)22-12-13-25-24(16-22)33(27(34)19-36-25)18-26-30-23(20-37-26)28(35)32(15-14-31(4)5)17-21-10-8-7-9-11-21/h7-13,16,20H,6,14-15,17-19H2,1-5H3. The van der Waals surface area contributed by atoms with Crippen molar-refractivity contribution in [2.45, 2.75) is 45.7 Å². The van der Waals surface area contributed by atoms with Gasteiger partial charge in [-0.3, -0.25) is 14.5 Å². The second kappa shape index (κ2) is 11.4. The fourth-order valence-corrected chi connectivity index (χ4v) is 4.91. The van der Waals surface area contributed by atoms with Gasteiger partial charge in [0.05, 0.1) is 12.2 Å². The number of likely N-dealkylation sites (N-methyl/N-ethyl adjacent to an activating group) is 1. The molecular weight excluding hydrogens is 484 g/mol. The number of benzene rings is 2. The number of hydrogen-bond acceptors (Lipinski definition) is 6. The third kappa shape index (κ3) is 6.37. The zero-order chi connectivity index (χ0) is 26.6. The largest absolute Gasteiger partial charge is 0.482 e. The molecular formula is C29H36N4O3S. The Balaban J connectivity index is 1.55. The van der Waals surface area contributed by atoms with Crippen molar-refractivity contribution >= 4 is 28.8 Å². The highest BCUT2D eigenvalue weighted by molar-refractivity contribution is 7.09. The molecule has 7 nitrogen and oxygen atoms in total. The van der Waals surface area contributed by atoms with Crippen LogP contribution in [0.3, 0.4) is 0 Å². The summed E-state index contributed by atoms with van der Waals surface area (Å²) in [4.78, 5) is 36.7. The molecule has 0 N–H and O–H groups in total. The summed E-state index contributed by atoms with van der Waals surface area (Å²) in [5.74, 6) is 0.480. The molecule has 2 heterocycles. The van der Waals surface area contributed by atoms with E-state index in [-0.39, 0.29) is 23.8 Å². The van der Waals surface area contributed by atoms with E-state index in [0.29, 0.717) is 31.1 Å². The van der Waals surface area contributed by atoms with Gasteiger partial charge in [0, 0.05) is 25.0 Å². The Labute approximate surface area is 223 Å². The number of thiazole rings is 1. The van der Waals surface area contributed by atoms with Crippen LogP contribution in [0.1, 0.15) is 53.8 Å². The van der Waals surface area contributed by atoms with Crippen molar-refractivity contribution in [1.82, 2.24) is 14.8 Å². The molecule has 1 aromatic heterocycles. The normalized spacial score (nSPS) is 13.5. The molecule has 2 amide bonds. The van der Waals surface area contributed by atoms with Gasteiger partial charge in [-0.1, -0.05) is 57.2 Å². The molecule has 0 radical (unpaired) electrons. The lowest BCUT2D eigenvalue weighted by Crippen LogP contribution is -2.38. The number of fused-ring (bicyclic) bond motifs is 1. The topological polar surface area (TPSA) is 66.0 Å². The number of rotatable bonds is 10. The van der Waals surface area contributed by atoms with Crippen LogP contribution in [0.5, 0.6) is 5.75 Å². The molecule has 0 aliphatic carbocycles. The van der Waals surface area contributed by atoms with Crippen LogP contribution in [0.15, 0.2) is 53.9 Å². The van der Waals surface area contributed by atoms with E-state index in [9.17, 15) is 9.59 Å². The quantitative estimate of drug-likeness (QED) is 0.378. The number of amides is 2. The van der Waals surface area contributed by atoms with E-state index < -0.39 is 0 Å². The van der Waals surface area contributed by atoms with Gasteiger partial charge in [0.2, 0.25) is 0 Å². The van der Waals surface area contributed by atoms with Crippen molar-refractivity contribution in [3.8, 4) is 5.75 Å². The minimum atomic E-state index is -0.112. The Hall–Kier alpha value is -3.23. The molecule has 0 unspecified atom stereocenters. The van der Waals surface area contributed by atoms with Crippen LogP contribution in [-0.2, 0) is 23.3 Å². The summed E-state index contributed by atoms with van der Waals surface area (Å²) in [6, 6.07) is 16.1. The second-order valence-corrected chi connectivity index (χ2v) is 11.3. The van der Waals surface area contributed by atoms with Crippen molar-refractivity contribution in [2.75, 3.05) is 38.7 Å². The number of aromatic nitrogens is 1. The highest BCUT2D eigenvalue weighted by Crippen LogP contribution is 2.38. The minimum absolute atomic E-state index is 0.00390. The summed E-state index contributed by atoms with van der Waals surface area (Å²) >= 11 is 1.41. The van der Waals surface area contributed by atoms with Crippen LogP contribution >= 0.6 is 11.3 Å². The van der Waals surface area contributed by atoms with Gasteiger partial charge in [0.15, 0.2) is 6.61 Å². The number of nitrogens with zero attached hydrogens (tertiary/aromatic N) is 4. The Morgan fingerprint density at radius 2 is 1.89 bits per heavy atom. The zero-order valence-corrected chi connectivity index (χ0v) is 23.2. The number of anilines is 1. The fourth-order valence-electron chi connectivity index (χ4n) is 4.16. The van der Waals surface area contributed by atoms with Gasteiger partial charge in [-0.05, 0) is 49.2 Å². The molecule has 2 aromatic carbocycles. The van der Waals surface area contributed by atoms with Crippen molar-refractivity contribution < 1.29 is 14.3 Å². The lowest BCUT2D eigenvalue weighted by molar-refractivity contribution is -0.121. The maximum absolute atomic E-state index is 13.5. The van der Waals surface area contributed by atoms with Crippen molar-refractivity contribution in [1.29, 1.82) is 0 Å². The van der Waals surface area contributed by atoms with Gasteiger partial charge in [0.25, 0.3) is 11.8 Å². The van der Waals surface area contributed by atoms with Crippen LogP contribution in [0, 0.1) is 0 Å². The van der Waals surface area contributed by atoms with Gasteiger partial charge in [0.1, 0.15) is 16.5 Å². The van der Waals surface area contributed by atoms with Crippen LogP contribution < -0.4 is 9.64 Å². The van der Waals surface area contributed by atoms with E-state index in [1.54, 1.807) is 10.3 Å². The third-order valence-electron chi connectivity index (χ3n) is 6.95. The minimum Gasteiger partial charge on any atom is -0.482 e. The zero-order valence-electron chi connectivity index (χ0n) is 22.4. The van der Waals surface area contributed by atoms with Crippen molar-refractivity contribution in [2.24, 2.45) is 0 Å². The first kappa shape index (κ1) is 26.8. The smallest absolute Gasteiger partial charge is 0.273 e. The molecule has 0 bridgehead atoms. The molecule has 1 aliphatic rings. The maximum atomic E-state index is 13.5. The molecule has 0 atom stereocenters. The molecule has 3 aromatic rings. The Morgan fingerprint density at radius 1 is 1.14 bits per heavy atom. The summed E-state index contributed by atoms with van der Waals surface area (Å²) in [7, 11) is 3.99. The molecule has 8 heteroatoms. The van der Waals surface area contributed by atoms with E-state index >= 15 is 0 Å². The average Bonchev–Trinajstić information content (AvgIpc) is 3.36. The average molecular weight is 521 g/mol. The molecule has 0 fully saturated rings. The number of ether oxygens (including phenoxy) is 1. The van der Waals surface area contributed by atoms with Crippen LogP contribution in [0.25, 0.3) is 0 Å². The third-order valence-corrected chi connectivity index (χ3v) is 7.79. The number of carbonyl (C=O) groups excluding carboxylic acids is 2. The first-order chi connectivity index (χ1) is 17.7. The van der Waals surface area contributed by atoms with E-state index in [2.05, 4.69) is 42.8 Å². The van der Waals surface area contributed by atoms with Gasteiger partial charge in [-0.15, -0.1) is 11.3 Å². The van der Waals surface area contributed by atoms with Gasteiger partial charge in [-0.2, -0.15) is 0 Å². The summed E-state index contributed by atoms with van der Waals surface area (Å²) in [6.45, 7) is 8.72. The van der Waals surface area contributed by atoms with E-state index in [4.69, 9.17) is 4.74 Å². The molecule has 0 spiro atoms. The predicted octanol–water partition coefficient (Wildman–Crippen LogP) is 4.96. The van der Waals surface area contributed by atoms with Crippen LogP contribution in [-0.4, -0.2) is 60.4 Å². The van der Waals surface area contributed by atoms with Gasteiger partial charge in [-0.25, -0.2) is 4.98 Å². The first-order valence-corrected chi connectivity index (χ1v) is 13.6. The molecule has 0 saturated carbocycles. The second-order valence-electron chi connectivity index (χ2n) is 10.3. The molecule has 1 aliphatic heterocycles. The molecule has 0 saturated heterocycles. The Kier molecular flexibility index (Phi) is 8.29. The summed E-state index contributed by atoms with van der Waals surface area (Å²) in [5.41, 5.74) is 3.39. The Morgan fingerprint density at radius 3 is 2.59 bits per heavy atom. The predicted molar refractivity (Wildman–Crippen MR) is 148 cm³/mol. The van der Waals surface area contributed by atoms with Crippen LogP contribution in [0.2, 0.25) is 0 Å². The van der Waals surface area contributed by atoms with Crippen LogP contribution in [0.4, 0.5) is 5.69 Å². The van der Waals surface area contributed by atoms with E-state index in [1.807, 2.05) is 55.4 Å². The molecule has 196 valence electrons. The van der Waals surface area contributed by atoms with Crippen molar-refractivity contribution in [3.05, 3.63) is 75.7 Å². The highest BCUT2D eigenvalue weighted by atomic mass is 32.1. The van der Waals surface area contributed by atoms with E-state index in [1.165, 1.54) is 11.3 Å². The summed E-state index contributed by atoms with van der Waals surface area (Å²) in [6.07, 6.45) is 0.978. The molecule has 4 rings (SSSR count). The Bertz CT molecular complexity index is 1240. The highest BCUT2D eigenvalue weighted by Gasteiger charge is 2.29. The fraction of sp³-hybridized carbons (Fsp3) is 0.414. The van der Waals surface area contributed by atoms with E-state index in [0.717, 1.165) is 34.8 Å². The molecule has 37 heavy (non-hydrogen) atoms. The van der Waals surface area contributed by atoms with Crippen molar-refractivity contribution in [3.63, 3.8) is 0 Å². The first-order valence-electron chi connectivity index (χ1n) is 12.7. The maximum Gasteiger partial charge on any atom is 0.273 e.